The highest BCUT2D eigenvalue weighted by molar-refractivity contribution is 5.50. The van der Waals surface area contributed by atoms with Crippen LogP contribution in [0.3, 0.4) is 0 Å². The second kappa shape index (κ2) is 35.3. The van der Waals surface area contributed by atoms with Gasteiger partial charge in [0.15, 0.2) is 0 Å². The van der Waals surface area contributed by atoms with Crippen LogP contribution in [0.4, 0.5) is 0 Å². The molecule has 3 aliphatic carbocycles. The molecular formula is C78H117N3O3. The summed E-state index contributed by atoms with van der Waals surface area (Å²) in [5.74, 6) is 5.75. The summed E-state index contributed by atoms with van der Waals surface area (Å²) in [5.41, 5.74) is 21.2. The van der Waals surface area contributed by atoms with Gasteiger partial charge in [-0.2, -0.15) is 0 Å². The first-order valence-corrected chi connectivity index (χ1v) is 32.1. The second-order valence-corrected chi connectivity index (χ2v) is 23.8. The van der Waals surface area contributed by atoms with Crippen molar-refractivity contribution in [2.45, 2.75) is 216 Å². The van der Waals surface area contributed by atoms with Crippen LogP contribution >= 0.6 is 0 Å². The zero-order chi connectivity index (χ0) is 58.0. The summed E-state index contributed by atoms with van der Waals surface area (Å²) in [7, 11) is 6.25. The third-order valence-electron chi connectivity index (χ3n) is 18.9. The van der Waals surface area contributed by atoms with Gasteiger partial charge in [-0.05, 0) is 291 Å². The van der Waals surface area contributed by atoms with Gasteiger partial charge in [0.2, 0.25) is 0 Å². The standard InChI is InChI=1S/C24H31NO.C23H29NO.C22H27NO.3C2H6.3CH4/c1-17-15-21(18-11-13-25(2)14-12-18)9-8-20(17)16-22-10-7-19-5-4-6-23(26-3)24(19)22;1-16-14-20(17-10-12-24(2)13-11-17)8-7-19(16)15-21-9-6-18-4-3-5-22(25)23(18)21;1-15-13-19(16-9-11-23-12-10-16)7-6-18(15)14-20-8-5-17-3-2-4-21(24)22(17)20;3*1-2;;;/h4-6,8-9,15,18,22H,7,10-14,16H2,1-3H3;3-5,7-8,14,17,21,25H,6,9-13,15H2,1-2H3;2-4,6-7,13,16,20,23-24H,5,8-12,14H2,1H3;3*1-2H3;3*1H4. The van der Waals surface area contributed by atoms with Crippen LogP contribution in [0.5, 0.6) is 17.2 Å². The molecule has 3 heterocycles. The largest absolute Gasteiger partial charge is 0.508 e. The Balaban J connectivity index is 0.000000254. The maximum atomic E-state index is 10.3. The summed E-state index contributed by atoms with van der Waals surface area (Å²) in [6, 6.07) is 40.0. The maximum Gasteiger partial charge on any atom is 0.122 e. The molecule has 3 N–H and O–H groups in total. The molecular weight excluding hydrogens is 1030 g/mol. The molecule has 6 aromatic carbocycles. The minimum Gasteiger partial charge on any atom is -0.508 e. The molecule has 84 heavy (non-hydrogen) atoms. The Hall–Kier alpha value is -5.40. The minimum atomic E-state index is 0. The lowest BCUT2D eigenvalue weighted by Crippen LogP contribution is -2.29. The molecule has 0 saturated carbocycles. The van der Waals surface area contributed by atoms with Crippen molar-refractivity contribution in [1.29, 1.82) is 0 Å². The van der Waals surface area contributed by atoms with Crippen LogP contribution in [0.1, 0.15) is 241 Å². The number of rotatable bonds is 10. The Labute approximate surface area is 514 Å². The molecule has 6 nitrogen and oxygen atoms in total. The summed E-state index contributed by atoms with van der Waals surface area (Å²) < 4.78 is 5.66. The Morgan fingerprint density at radius 2 is 0.750 bits per heavy atom. The number of hydrogen-bond acceptors (Lipinski definition) is 6. The number of phenols is 2. The first-order chi connectivity index (χ1) is 39.5. The molecule has 6 aromatic rings. The van der Waals surface area contributed by atoms with Gasteiger partial charge in [0.25, 0.3) is 0 Å². The van der Waals surface area contributed by atoms with E-state index in [9.17, 15) is 10.2 Å². The zero-order valence-electron chi connectivity index (χ0n) is 52.4. The molecule has 0 aromatic heterocycles. The maximum absolute atomic E-state index is 10.3. The average Bonchev–Trinajstić information content (AvgIpc) is 4.14. The number of likely N-dealkylation sites (tertiary alicyclic amines) is 2. The van der Waals surface area contributed by atoms with Crippen LogP contribution in [0.2, 0.25) is 0 Å². The quantitative estimate of drug-likeness (QED) is 0.127. The monoisotopic (exact) mass is 1140 g/mol. The molecule has 0 amide bonds. The third kappa shape index (κ3) is 17.9. The van der Waals surface area contributed by atoms with Gasteiger partial charge in [-0.25, -0.2) is 0 Å². The molecule has 0 spiro atoms. The Morgan fingerprint density at radius 1 is 0.429 bits per heavy atom. The number of hydrogen-bond donors (Lipinski definition) is 3. The van der Waals surface area contributed by atoms with E-state index in [1.54, 1.807) is 12.7 Å². The smallest absolute Gasteiger partial charge is 0.122 e. The van der Waals surface area contributed by atoms with Crippen molar-refractivity contribution >= 4 is 0 Å². The van der Waals surface area contributed by atoms with E-state index >= 15 is 0 Å². The van der Waals surface area contributed by atoms with Gasteiger partial charge in [-0.3, -0.25) is 0 Å². The lowest BCUT2D eigenvalue weighted by Gasteiger charge is -2.29. The summed E-state index contributed by atoms with van der Waals surface area (Å²) >= 11 is 0. The van der Waals surface area contributed by atoms with Gasteiger partial charge in [-0.15, -0.1) is 0 Å². The number of nitrogens with one attached hydrogen (secondary N) is 1. The first-order valence-electron chi connectivity index (χ1n) is 32.1. The minimum absolute atomic E-state index is 0. The van der Waals surface area contributed by atoms with Crippen LogP contribution in [-0.2, 0) is 38.5 Å². The number of benzene rings is 6. The summed E-state index contributed by atoms with van der Waals surface area (Å²) in [5, 5.41) is 24.0. The lowest BCUT2D eigenvalue weighted by molar-refractivity contribution is 0.255. The molecule has 0 bridgehead atoms. The van der Waals surface area contributed by atoms with Crippen molar-refractivity contribution < 1.29 is 14.9 Å². The van der Waals surface area contributed by atoms with Crippen LogP contribution in [0.25, 0.3) is 0 Å². The first kappa shape index (κ1) is 71.1. The zero-order valence-corrected chi connectivity index (χ0v) is 52.4. The predicted molar refractivity (Wildman–Crippen MR) is 365 cm³/mol. The highest BCUT2D eigenvalue weighted by Crippen LogP contribution is 2.45. The fourth-order valence-electron chi connectivity index (χ4n) is 14.3. The Bertz CT molecular complexity index is 2880. The summed E-state index contributed by atoms with van der Waals surface area (Å²) in [6.45, 7) is 26.0. The molecule has 3 saturated heterocycles. The third-order valence-corrected chi connectivity index (χ3v) is 18.9. The molecule has 12 rings (SSSR count). The Morgan fingerprint density at radius 3 is 1.10 bits per heavy atom. The van der Waals surface area contributed by atoms with Gasteiger partial charge < -0.3 is 30.1 Å². The van der Waals surface area contributed by atoms with Crippen molar-refractivity contribution in [3.63, 3.8) is 0 Å². The number of methoxy groups -OCH3 is 1. The summed E-state index contributed by atoms with van der Waals surface area (Å²) in [4.78, 5) is 4.88. The molecule has 6 heteroatoms. The molecule has 3 fully saturated rings. The molecule has 6 aliphatic rings. The summed E-state index contributed by atoms with van der Waals surface area (Å²) in [6.07, 6.45) is 17.8. The van der Waals surface area contributed by atoms with Crippen molar-refractivity contribution in [1.82, 2.24) is 15.1 Å². The molecule has 3 aliphatic heterocycles. The molecule has 0 radical (unpaired) electrons. The molecule has 3 unspecified atom stereocenters. The van der Waals surface area contributed by atoms with Crippen LogP contribution < -0.4 is 10.1 Å². The van der Waals surface area contributed by atoms with E-state index < -0.39 is 0 Å². The van der Waals surface area contributed by atoms with Gasteiger partial charge in [0, 0.05) is 16.7 Å². The van der Waals surface area contributed by atoms with E-state index in [2.05, 4.69) is 135 Å². The van der Waals surface area contributed by atoms with Crippen LogP contribution in [0.15, 0.2) is 109 Å². The van der Waals surface area contributed by atoms with E-state index in [4.69, 9.17) is 4.74 Å². The van der Waals surface area contributed by atoms with E-state index in [-0.39, 0.29) is 22.3 Å². The van der Waals surface area contributed by atoms with Crippen LogP contribution in [0, 0.1) is 20.8 Å². The topological polar surface area (TPSA) is 68.2 Å². The number of aryl methyl sites for hydroxylation is 6. The van der Waals surface area contributed by atoms with Gasteiger partial charge in [-0.1, -0.05) is 155 Å². The van der Waals surface area contributed by atoms with Crippen molar-refractivity contribution in [2.24, 2.45) is 0 Å². The highest BCUT2D eigenvalue weighted by Gasteiger charge is 2.30. The molecule has 462 valence electrons. The predicted octanol–water partition coefficient (Wildman–Crippen LogP) is 19.3. The fraction of sp³-hybridized carbons (Fsp3) is 0.538. The molecule has 3 atom stereocenters. The number of aromatic hydroxyl groups is 2. The van der Waals surface area contributed by atoms with Gasteiger partial charge in [0.1, 0.15) is 17.2 Å². The van der Waals surface area contributed by atoms with Gasteiger partial charge in [0.05, 0.1) is 7.11 Å². The fourth-order valence-corrected chi connectivity index (χ4v) is 14.3. The lowest BCUT2D eigenvalue weighted by atomic mass is 9.85. The number of nitrogens with zero attached hydrogens (tertiary/aromatic N) is 2. The van der Waals surface area contributed by atoms with E-state index in [1.165, 1.54) is 155 Å². The van der Waals surface area contributed by atoms with Crippen molar-refractivity contribution in [3.8, 4) is 17.2 Å². The van der Waals surface area contributed by atoms with Crippen LogP contribution in [-0.4, -0.2) is 80.5 Å². The van der Waals surface area contributed by atoms with Crippen molar-refractivity contribution in [3.05, 3.63) is 193 Å². The highest BCUT2D eigenvalue weighted by atomic mass is 16.5. The van der Waals surface area contributed by atoms with E-state index in [0.717, 1.165) is 81.5 Å². The van der Waals surface area contributed by atoms with E-state index in [0.29, 0.717) is 29.3 Å². The number of piperidine rings is 3. The van der Waals surface area contributed by atoms with Crippen molar-refractivity contribution in [2.75, 3.05) is 60.5 Å². The SMILES string of the molecule is C.C.C.CC.CC.CC.COc1cccc2c1C(Cc1ccc(C3CCN(C)CC3)cc1C)CC2.Cc1cc(C2CCN(C)CC2)ccc1CC1CCc2cccc(O)c21.Cc1cc(C2CCNCC2)ccc1CC1CCc2cccc(O)c21. The normalized spacial score (nSPS) is 19.1. The van der Waals surface area contributed by atoms with E-state index in [1.807, 2.05) is 65.8 Å². The Kier molecular flexibility index (Phi) is 29.9. The average molecular weight is 1140 g/mol. The number of ether oxygens (including phenoxy) is 1. The van der Waals surface area contributed by atoms with Gasteiger partial charge >= 0.3 is 0 Å². The second-order valence-electron chi connectivity index (χ2n) is 23.8. The number of fused-ring (bicyclic) bond motifs is 3. The number of phenolic OH excluding ortho intramolecular Hbond substituents is 2.